The van der Waals surface area contributed by atoms with Crippen molar-refractivity contribution in [3.63, 3.8) is 0 Å². The summed E-state index contributed by atoms with van der Waals surface area (Å²) in [6.07, 6.45) is 1.87. The summed E-state index contributed by atoms with van der Waals surface area (Å²) in [7, 11) is 1.97. The predicted octanol–water partition coefficient (Wildman–Crippen LogP) is 1.40. The Morgan fingerprint density at radius 1 is 1.62 bits per heavy atom. The highest BCUT2D eigenvalue weighted by atomic mass is 15.3. The molecular formula is C10H19N3. The van der Waals surface area contributed by atoms with Gasteiger partial charge in [-0.2, -0.15) is 5.10 Å². The Hall–Kier alpha value is -0.830. The Balaban J connectivity index is 2.79. The Kier molecular flexibility index (Phi) is 2.76. The van der Waals surface area contributed by atoms with Gasteiger partial charge in [-0.1, -0.05) is 6.92 Å². The normalized spacial score (nSPS) is 15.8. The lowest BCUT2D eigenvalue weighted by molar-refractivity contribution is 0.436. The van der Waals surface area contributed by atoms with E-state index < -0.39 is 0 Å². The molecule has 0 radical (unpaired) electrons. The third-order valence-electron chi connectivity index (χ3n) is 2.49. The fraction of sp³-hybridized carbons (Fsp3) is 0.700. The van der Waals surface area contributed by atoms with Crippen LogP contribution in [0, 0.1) is 6.92 Å². The molecule has 0 saturated carbocycles. The second-order valence-electron chi connectivity index (χ2n) is 4.09. The fourth-order valence-electron chi connectivity index (χ4n) is 1.37. The van der Waals surface area contributed by atoms with Crippen LogP contribution in [0.2, 0.25) is 0 Å². The molecule has 1 unspecified atom stereocenters. The maximum atomic E-state index is 6.09. The summed E-state index contributed by atoms with van der Waals surface area (Å²) < 4.78 is 1.91. The van der Waals surface area contributed by atoms with E-state index in [-0.39, 0.29) is 5.54 Å². The molecule has 1 heterocycles. The molecule has 0 spiro atoms. The zero-order valence-electron chi connectivity index (χ0n) is 8.96. The van der Waals surface area contributed by atoms with Crippen molar-refractivity contribution in [2.75, 3.05) is 0 Å². The van der Waals surface area contributed by atoms with Crippen LogP contribution in [0.3, 0.4) is 0 Å². The fourth-order valence-corrected chi connectivity index (χ4v) is 1.37. The van der Waals surface area contributed by atoms with Crippen LogP contribution in [0.15, 0.2) is 6.07 Å². The van der Waals surface area contributed by atoms with E-state index in [1.54, 1.807) is 0 Å². The molecule has 0 aliphatic rings. The van der Waals surface area contributed by atoms with Gasteiger partial charge in [0.05, 0.1) is 5.69 Å². The molecule has 2 N–H and O–H groups in total. The molecule has 1 aromatic heterocycles. The van der Waals surface area contributed by atoms with Crippen molar-refractivity contribution >= 4 is 0 Å². The Morgan fingerprint density at radius 3 is 2.62 bits per heavy atom. The highest BCUT2D eigenvalue weighted by Crippen LogP contribution is 2.14. The van der Waals surface area contributed by atoms with E-state index in [2.05, 4.69) is 25.0 Å². The lowest BCUT2D eigenvalue weighted by Crippen LogP contribution is -2.38. The van der Waals surface area contributed by atoms with Crippen molar-refractivity contribution in [3.05, 3.63) is 17.5 Å². The minimum atomic E-state index is -0.111. The molecule has 1 aromatic rings. The topological polar surface area (TPSA) is 43.8 Å². The van der Waals surface area contributed by atoms with Gasteiger partial charge in [0.15, 0.2) is 0 Å². The molecule has 0 fully saturated rings. The number of rotatable bonds is 3. The zero-order chi connectivity index (χ0) is 10.1. The molecule has 3 heteroatoms. The molecule has 0 amide bonds. The smallest absolute Gasteiger partial charge is 0.0596 e. The Labute approximate surface area is 79.9 Å². The molecule has 0 bridgehead atoms. The Morgan fingerprint density at radius 2 is 2.23 bits per heavy atom. The maximum Gasteiger partial charge on any atom is 0.0596 e. The second kappa shape index (κ2) is 3.50. The first kappa shape index (κ1) is 10.3. The molecule has 74 valence electrons. The third-order valence-corrected chi connectivity index (χ3v) is 2.49. The van der Waals surface area contributed by atoms with E-state index in [9.17, 15) is 0 Å². The van der Waals surface area contributed by atoms with Crippen molar-refractivity contribution < 1.29 is 0 Å². The first-order valence-electron chi connectivity index (χ1n) is 4.73. The van der Waals surface area contributed by atoms with E-state index in [4.69, 9.17) is 5.73 Å². The number of nitrogens with two attached hydrogens (primary N) is 1. The molecule has 1 atom stereocenters. The van der Waals surface area contributed by atoms with Gasteiger partial charge in [-0.25, -0.2) is 0 Å². The molecule has 0 saturated heterocycles. The summed E-state index contributed by atoms with van der Waals surface area (Å²) in [5, 5.41) is 4.29. The summed E-state index contributed by atoms with van der Waals surface area (Å²) in [6.45, 7) is 6.20. The van der Waals surface area contributed by atoms with Gasteiger partial charge in [0.25, 0.3) is 0 Å². The molecule has 3 nitrogen and oxygen atoms in total. The van der Waals surface area contributed by atoms with E-state index in [0.717, 1.165) is 18.5 Å². The van der Waals surface area contributed by atoms with Gasteiger partial charge in [-0.15, -0.1) is 0 Å². The van der Waals surface area contributed by atoms with Gasteiger partial charge in [-0.3, -0.25) is 4.68 Å². The van der Waals surface area contributed by atoms with Gasteiger partial charge in [0, 0.05) is 24.7 Å². The second-order valence-corrected chi connectivity index (χ2v) is 4.09. The summed E-state index contributed by atoms with van der Waals surface area (Å²) in [5.74, 6) is 0. The van der Waals surface area contributed by atoms with Crippen LogP contribution >= 0.6 is 0 Å². The third kappa shape index (κ3) is 2.56. The van der Waals surface area contributed by atoms with E-state index >= 15 is 0 Å². The van der Waals surface area contributed by atoms with Gasteiger partial charge >= 0.3 is 0 Å². The number of aryl methyl sites for hydroxylation is 2. The summed E-state index contributed by atoms with van der Waals surface area (Å²) >= 11 is 0. The monoisotopic (exact) mass is 181 g/mol. The highest BCUT2D eigenvalue weighted by molar-refractivity contribution is 5.11. The van der Waals surface area contributed by atoms with Gasteiger partial charge in [0.2, 0.25) is 0 Å². The van der Waals surface area contributed by atoms with Crippen LogP contribution in [0.5, 0.6) is 0 Å². The van der Waals surface area contributed by atoms with Gasteiger partial charge in [0.1, 0.15) is 0 Å². The average molecular weight is 181 g/mol. The van der Waals surface area contributed by atoms with Crippen LogP contribution in [-0.4, -0.2) is 15.3 Å². The molecular weight excluding hydrogens is 162 g/mol. The van der Waals surface area contributed by atoms with Gasteiger partial charge < -0.3 is 5.73 Å². The lowest BCUT2D eigenvalue weighted by atomic mass is 9.94. The quantitative estimate of drug-likeness (QED) is 0.766. The minimum absolute atomic E-state index is 0.111. The standard InChI is InChI=1S/C10H19N3/c1-5-10(3,11)7-9-6-8(2)12-13(9)4/h6H,5,7,11H2,1-4H3. The minimum Gasteiger partial charge on any atom is -0.325 e. The van der Waals surface area contributed by atoms with Crippen LogP contribution < -0.4 is 5.73 Å². The first-order chi connectivity index (χ1) is 5.94. The lowest BCUT2D eigenvalue weighted by Gasteiger charge is -2.22. The maximum absolute atomic E-state index is 6.09. The van der Waals surface area contributed by atoms with Crippen molar-refractivity contribution in [1.29, 1.82) is 0 Å². The zero-order valence-corrected chi connectivity index (χ0v) is 8.96. The summed E-state index contributed by atoms with van der Waals surface area (Å²) in [5.41, 5.74) is 8.25. The van der Waals surface area contributed by atoms with Gasteiger partial charge in [-0.05, 0) is 26.3 Å². The van der Waals surface area contributed by atoms with Crippen molar-refractivity contribution in [3.8, 4) is 0 Å². The average Bonchev–Trinajstić information content (AvgIpc) is 2.30. The number of nitrogens with zero attached hydrogens (tertiary/aromatic N) is 2. The Bertz CT molecular complexity index is 286. The molecule has 13 heavy (non-hydrogen) atoms. The number of hydrogen-bond acceptors (Lipinski definition) is 2. The molecule has 0 aromatic carbocycles. The number of aromatic nitrogens is 2. The molecule has 1 rings (SSSR count). The predicted molar refractivity (Wildman–Crippen MR) is 54.5 cm³/mol. The SMILES string of the molecule is CCC(C)(N)Cc1cc(C)nn1C. The van der Waals surface area contributed by atoms with E-state index in [1.807, 2.05) is 18.7 Å². The first-order valence-corrected chi connectivity index (χ1v) is 4.73. The summed E-state index contributed by atoms with van der Waals surface area (Å²) in [6, 6.07) is 2.10. The van der Waals surface area contributed by atoms with Crippen LogP contribution in [-0.2, 0) is 13.5 Å². The van der Waals surface area contributed by atoms with Crippen LogP contribution in [0.4, 0.5) is 0 Å². The van der Waals surface area contributed by atoms with Crippen molar-refractivity contribution in [2.24, 2.45) is 12.8 Å². The molecule has 0 aliphatic heterocycles. The van der Waals surface area contributed by atoms with Crippen LogP contribution in [0.25, 0.3) is 0 Å². The largest absolute Gasteiger partial charge is 0.325 e. The van der Waals surface area contributed by atoms with Crippen molar-refractivity contribution in [2.45, 2.75) is 39.2 Å². The van der Waals surface area contributed by atoms with Crippen molar-refractivity contribution in [1.82, 2.24) is 9.78 Å². The number of hydrogen-bond donors (Lipinski definition) is 1. The molecule has 0 aliphatic carbocycles. The summed E-state index contributed by atoms with van der Waals surface area (Å²) in [4.78, 5) is 0. The van der Waals surface area contributed by atoms with Crippen LogP contribution in [0.1, 0.15) is 31.7 Å². The van der Waals surface area contributed by atoms with E-state index in [1.165, 1.54) is 5.69 Å². The highest BCUT2D eigenvalue weighted by Gasteiger charge is 2.18. The van der Waals surface area contributed by atoms with E-state index in [0.29, 0.717) is 0 Å².